The third kappa shape index (κ3) is 9.27. The molecule has 0 aliphatic carbocycles. The van der Waals surface area contributed by atoms with Gasteiger partial charge in [0, 0.05) is 25.7 Å². The highest BCUT2D eigenvalue weighted by molar-refractivity contribution is 4.75. The van der Waals surface area contributed by atoms with Gasteiger partial charge in [-0.05, 0) is 6.42 Å². The van der Waals surface area contributed by atoms with Crippen LogP contribution >= 0.6 is 0 Å². The van der Waals surface area contributed by atoms with Crippen LogP contribution in [0.2, 0.25) is 0 Å². The summed E-state index contributed by atoms with van der Waals surface area (Å²) in [4.78, 5) is 0. The quantitative estimate of drug-likeness (QED) is 0.499. The number of ether oxygens (including phenoxy) is 1. The third-order valence-electron chi connectivity index (χ3n) is 1.54. The normalized spacial score (nSPS) is 20.2. The fraction of sp³-hybridized carbons (Fsp3) is 0.600. The predicted octanol–water partition coefficient (Wildman–Crippen LogP) is 0.682. The van der Waals surface area contributed by atoms with E-state index in [1.807, 2.05) is 12.2 Å². The minimum atomic E-state index is 0.324. The van der Waals surface area contributed by atoms with Crippen molar-refractivity contribution in [2.75, 3.05) is 26.3 Å². The average Bonchev–Trinajstić information content (AvgIpc) is 2.58. The lowest BCUT2D eigenvalue weighted by Crippen LogP contribution is -2.18. The lowest BCUT2D eigenvalue weighted by atomic mass is 10.3. The smallest absolute Gasteiger partial charge is 0.0618 e. The first kappa shape index (κ1) is 12.4. The molecule has 13 heavy (non-hydrogen) atoms. The van der Waals surface area contributed by atoms with Crippen LogP contribution in [0.1, 0.15) is 6.42 Å². The molecule has 0 radical (unpaired) electrons. The van der Waals surface area contributed by atoms with E-state index in [0.717, 1.165) is 32.7 Å². The molecule has 1 heterocycles. The van der Waals surface area contributed by atoms with Crippen molar-refractivity contribution in [3.05, 3.63) is 25.3 Å². The Morgan fingerprint density at radius 1 is 1.38 bits per heavy atom. The van der Waals surface area contributed by atoms with Gasteiger partial charge in [-0.15, -0.1) is 13.2 Å². The van der Waals surface area contributed by atoms with Gasteiger partial charge in [0.15, 0.2) is 0 Å². The molecule has 3 heteroatoms. The van der Waals surface area contributed by atoms with Crippen molar-refractivity contribution < 1.29 is 4.74 Å². The Bertz CT molecular complexity index is 123. The summed E-state index contributed by atoms with van der Waals surface area (Å²) >= 11 is 0. The summed E-state index contributed by atoms with van der Waals surface area (Å²) in [5, 5.41) is 3.05. The zero-order valence-corrected chi connectivity index (χ0v) is 8.17. The van der Waals surface area contributed by atoms with E-state index >= 15 is 0 Å². The molecule has 1 aliphatic heterocycles. The Hall–Kier alpha value is -0.640. The van der Waals surface area contributed by atoms with Crippen LogP contribution in [0.15, 0.2) is 25.3 Å². The van der Waals surface area contributed by atoms with Crippen LogP contribution in [0.3, 0.4) is 0 Å². The van der Waals surface area contributed by atoms with E-state index in [-0.39, 0.29) is 0 Å². The van der Waals surface area contributed by atoms with Crippen molar-refractivity contribution in [3.63, 3.8) is 0 Å². The molecule has 1 rings (SSSR count). The monoisotopic (exact) mass is 184 g/mol. The van der Waals surface area contributed by atoms with Gasteiger partial charge >= 0.3 is 0 Å². The lowest BCUT2D eigenvalue weighted by molar-refractivity contribution is 0.194. The number of nitrogens with two attached hydrogens (primary N) is 1. The van der Waals surface area contributed by atoms with E-state index in [2.05, 4.69) is 18.5 Å². The van der Waals surface area contributed by atoms with Crippen molar-refractivity contribution in [2.45, 2.75) is 12.5 Å². The van der Waals surface area contributed by atoms with E-state index in [0.29, 0.717) is 6.04 Å². The van der Waals surface area contributed by atoms with Gasteiger partial charge < -0.3 is 15.8 Å². The fourth-order valence-electron chi connectivity index (χ4n) is 0.840. The highest BCUT2D eigenvalue weighted by Gasteiger charge is 2.08. The molecule has 0 unspecified atom stereocenters. The summed E-state index contributed by atoms with van der Waals surface area (Å²) in [6.45, 7) is 10.4. The van der Waals surface area contributed by atoms with E-state index in [4.69, 9.17) is 10.5 Å². The lowest BCUT2D eigenvalue weighted by Gasteiger charge is -1.90. The minimum absolute atomic E-state index is 0.324. The zero-order chi connectivity index (χ0) is 9.94. The van der Waals surface area contributed by atoms with Crippen LogP contribution in [0, 0.1) is 0 Å². The van der Waals surface area contributed by atoms with Crippen molar-refractivity contribution in [3.8, 4) is 0 Å². The molecule has 0 spiro atoms. The average molecular weight is 184 g/mol. The Kier molecular flexibility index (Phi) is 8.98. The van der Waals surface area contributed by atoms with Gasteiger partial charge in [-0.2, -0.15) is 0 Å². The largest absolute Gasteiger partial charge is 0.380 e. The van der Waals surface area contributed by atoms with Crippen molar-refractivity contribution in [1.29, 1.82) is 0 Å². The predicted molar refractivity (Wildman–Crippen MR) is 56.7 cm³/mol. The third-order valence-corrected chi connectivity index (χ3v) is 1.54. The van der Waals surface area contributed by atoms with Gasteiger partial charge in [0.05, 0.1) is 6.61 Å². The van der Waals surface area contributed by atoms with Gasteiger partial charge in [-0.1, -0.05) is 12.2 Å². The summed E-state index contributed by atoms with van der Waals surface area (Å²) in [5.41, 5.74) is 5.41. The molecule has 0 amide bonds. The number of hydrogen-bond acceptors (Lipinski definition) is 3. The molecule has 1 aliphatic rings. The molecule has 1 atom stereocenters. The molecular weight excluding hydrogens is 164 g/mol. The molecule has 3 nitrogen and oxygen atoms in total. The molecular formula is C10H20N2O. The van der Waals surface area contributed by atoms with Crippen LogP contribution in [-0.2, 0) is 4.74 Å². The van der Waals surface area contributed by atoms with E-state index in [1.165, 1.54) is 0 Å². The number of nitrogens with one attached hydrogen (secondary N) is 1. The second-order valence-electron chi connectivity index (χ2n) is 2.86. The second kappa shape index (κ2) is 9.45. The Morgan fingerprint density at radius 3 is 2.23 bits per heavy atom. The van der Waals surface area contributed by atoms with Gasteiger partial charge in [-0.25, -0.2) is 0 Å². The first-order valence-corrected chi connectivity index (χ1v) is 4.57. The molecule has 0 saturated carbocycles. The van der Waals surface area contributed by atoms with E-state index in [1.54, 1.807) is 0 Å². The Balaban J connectivity index is 0.000000223. The maximum Gasteiger partial charge on any atom is 0.0618 e. The maximum atomic E-state index is 5.41. The van der Waals surface area contributed by atoms with Crippen LogP contribution in [0.25, 0.3) is 0 Å². The first-order valence-electron chi connectivity index (χ1n) is 4.57. The van der Waals surface area contributed by atoms with Crippen LogP contribution in [-0.4, -0.2) is 32.3 Å². The van der Waals surface area contributed by atoms with Crippen molar-refractivity contribution in [2.24, 2.45) is 5.73 Å². The summed E-state index contributed by atoms with van der Waals surface area (Å²) in [6, 6.07) is 0.324. The summed E-state index contributed by atoms with van der Waals surface area (Å²) in [5.74, 6) is 0. The Labute approximate surface area is 80.6 Å². The molecule has 0 aromatic carbocycles. The second-order valence-corrected chi connectivity index (χ2v) is 2.86. The zero-order valence-electron chi connectivity index (χ0n) is 8.17. The fourth-order valence-corrected chi connectivity index (χ4v) is 0.840. The van der Waals surface area contributed by atoms with Gasteiger partial charge in [0.25, 0.3) is 0 Å². The van der Waals surface area contributed by atoms with Crippen molar-refractivity contribution >= 4 is 0 Å². The van der Waals surface area contributed by atoms with E-state index in [9.17, 15) is 0 Å². The maximum absolute atomic E-state index is 5.41. The van der Waals surface area contributed by atoms with Gasteiger partial charge in [0.1, 0.15) is 0 Å². The topological polar surface area (TPSA) is 47.3 Å². The summed E-state index contributed by atoms with van der Waals surface area (Å²) in [6.07, 6.45) is 4.69. The number of hydrogen-bond donors (Lipinski definition) is 2. The molecule has 0 aromatic rings. The molecule has 0 aromatic heterocycles. The molecule has 3 N–H and O–H groups in total. The summed E-state index contributed by atoms with van der Waals surface area (Å²) in [7, 11) is 0. The Morgan fingerprint density at radius 2 is 2.00 bits per heavy atom. The highest BCUT2D eigenvalue weighted by atomic mass is 16.5. The van der Waals surface area contributed by atoms with Crippen molar-refractivity contribution in [1.82, 2.24) is 5.32 Å². The SMILES string of the molecule is C=CCNCC=C.N[C@@H]1CCOC1. The van der Waals surface area contributed by atoms with E-state index < -0.39 is 0 Å². The molecule has 1 saturated heterocycles. The van der Waals surface area contributed by atoms with Crippen LogP contribution in [0.5, 0.6) is 0 Å². The highest BCUT2D eigenvalue weighted by Crippen LogP contribution is 1.98. The van der Waals surface area contributed by atoms with Gasteiger partial charge in [0.2, 0.25) is 0 Å². The van der Waals surface area contributed by atoms with Crippen LogP contribution < -0.4 is 11.1 Å². The summed E-state index contributed by atoms with van der Waals surface area (Å²) < 4.78 is 4.93. The molecule has 1 fully saturated rings. The number of rotatable bonds is 4. The minimum Gasteiger partial charge on any atom is -0.380 e. The molecule has 76 valence electrons. The standard InChI is InChI=1S/C6H11N.C4H9NO/c1-3-5-7-6-4-2;5-4-1-2-6-3-4/h3-4,7H,1-2,5-6H2;4H,1-3,5H2/t;4-/m.1/s1. The van der Waals surface area contributed by atoms with Crippen LogP contribution in [0.4, 0.5) is 0 Å². The molecule has 0 bridgehead atoms. The van der Waals surface area contributed by atoms with Gasteiger partial charge in [-0.3, -0.25) is 0 Å². The first-order chi connectivity index (χ1) is 6.31.